The fourth-order valence-electron chi connectivity index (χ4n) is 3.11. The third-order valence-corrected chi connectivity index (χ3v) is 6.56. The molecular weight excluding hydrogens is 463 g/mol. The highest BCUT2D eigenvalue weighted by Gasteiger charge is 2.15. The van der Waals surface area contributed by atoms with Crippen molar-refractivity contribution in [2.45, 2.75) is 25.0 Å². The van der Waals surface area contributed by atoms with Crippen LogP contribution in [0.3, 0.4) is 0 Å². The van der Waals surface area contributed by atoms with E-state index in [9.17, 15) is 9.18 Å². The molecule has 2 aromatic heterocycles. The Bertz CT molecular complexity index is 1240. The summed E-state index contributed by atoms with van der Waals surface area (Å²) >= 11 is 2.58. The van der Waals surface area contributed by atoms with Gasteiger partial charge < -0.3 is 9.30 Å². The molecule has 33 heavy (non-hydrogen) atoms. The first-order chi connectivity index (χ1) is 16.1. The molecular formula is C22H21FN6O2S2. The van der Waals surface area contributed by atoms with Gasteiger partial charge in [0, 0.05) is 18.5 Å². The number of carbonyl (C=O) groups is 1. The predicted octanol–water partition coefficient (Wildman–Crippen LogP) is 4.29. The van der Waals surface area contributed by atoms with Crippen LogP contribution in [0.2, 0.25) is 0 Å². The number of nitrogens with zero attached hydrogens (tertiary/aromatic N) is 5. The van der Waals surface area contributed by atoms with Crippen molar-refractivity contribution in [3.8, 4) is 16.3 Å². The SMILES string of the molecule is CCn1c(Cc2cccc(F)c2)nnc1SCC(=O)Nc1nnc(-c2ccc(OC)cc2)s1. The molecule has 0 radical (unpaired) electrons. The molecule has 0 unspecified atom stereocenters. The minimum Gasteiger partial charge on any atom is -0.497 e. The van der Waals surface area contributed by atoms with Gasteiger partial charge in [-0.25, -0.2) is 4.39 Å². The second-order valence-corrected chi connectivity index (χ2v) is 8.85. The minimum absolute atomic E-state index is 0.148. The fourth-order valence-corrected chi connectivity index (χ4v) is 4.70. The van der Waals surface area contributed by atoms with E-state index in [1.807, 2.05) is 41.8 Å². The van der Waals surface area contributed by atoms with E-state index in [0.717, 1.165) is 22.7 Å². The van der Waals surface area contributed by atoms with Crippen LogP contribution >= 0.6 is 23.1 Å². The number of methoxy groups -OCH3 is 1. The number of hydrogen-bond acceptors (Lipinski definition) is 8. The molecule has 0 aliphatic rings. The van der Waals surface area contributed by atoms with E-state index in [-0.39, 0.29) is 17.5 Å². The Balaban J connectivity index is 1.35. The average molecular weight is 485 g/mol. The molecule has 0 bridgehead atoms. The molecule has 1 N–H and O–H groups in total. The van der Waals surface area contributed by atoms with Gasteiger partial charge in [-0.05, 0) is 48.9 Å². The van der Waals surface area contributed by atoms with Crippen LogP contribution < -0.4 is 10.1 Å². The van der Waals surface area contributed by atoms with Gasteiger partial charge >= 0.3 is 0 Å². The standard InChI is InChI=1S/C22H21FN6O2S2/c1-3-29-18(12-14-5-4-6-16(23)11-14)25-28-22(29)32-13-19(30)24-21-27-26-20(33-21)15-7-9-17(31-2)10-8-15/h4-11H,3,12-13H2,1-2H3,(H,24,27,30). The van der Waals surface area contributed by atoms with Gasteiger partial charge in [0.05, 0.1) is 12.9 Å². The lowest BCUT2D eigenvalue weighted by atomic mass is 10.1. The van der Waals surface area contributed by atoms with Gasteiger partial charge in [0.15, 0.2) is 5.16 Å². The number of nitrogens with one attached hydrogen (secondary N) is 1. The smallest absolute Gasteiger partial charge is 0.236 e. The van der Waals surface area contributed by atoms with Crippen molar-refractivity contribution < 1.29 is 13.9 Å². The minimum atomic E-state index is -0.284. The Morgan fingerprint density at radius 2 is 1.97 bits per heavy atom. The van der Waals surface area contributed by atoms with E-state index >= 15 is 0 Å². The van der Waals surface area contributed by atoms with E-state index in [1.165, 1.54) is 35.2 Å². The Labute approximate surface area is 198 Å². The molecule has 4 aromatic rings. The number of amides is 1. The van der Waals surface area contributed by atoms with Crippen LogP contribution in [-0.2, 0) is 17.8 Å². The summed E-state index contributed by atoms with van der Waals surface area (Å²) in [7, 11) is 1.61. The van der Waals surface area contributed by atoms with Gasteiger partial charge in [0.25, 0.3) is 0 Å². The molecule has 2 aromatic carbocycles. The number of rotatable bonds is 9. The summed E-state index contributed by atoms with van der Waals surface area (Å²) in [6.07, 6.45) is 0.463. The van der Waals surface area contributed by atoms with Crippen molar-refractivity contribution in [1.29, 1.82) is 0 Å². The van der Waals surface area contributed by atoms with E-state index < -0.39 is 0 Å². The van der Waals surface area contributed by atoms with E-state index in [0.29, 0.717) is 28.3 Å². The number of carbonyl (C=O) groups excluding carboxylic acids is 1. The normalized spacial score (nSPS) is 10.9. The maximum atomic E-state index is 13.5. The van der Waals surface area contributed by atoms with E-state index in [1.54, 1.807) is 13.2 Å². The lowest BCUT2D eigenvalue weighted by Crippen LogP contribution is -2.14. The van der Waals surface area contributed by atoms with Gasteiger partial charge in [-0.1, -0.05) is 35.2 Å². The second-order valence-electron chi connectivity index (χ2n) is 6.93. The van der Waals surface area contributed by atoms with Crippen molar-refractivity contribution in [2.24, 2.45) is 0 Å². The first-order valence-corrected chi connectivity index (χ1v) is 11.9. The van der Waals surface area contributed by atoms with Crippen LogP contribution in [0.1, 0.15) is 18.3 Å². The van der Waals surface area contributed by atoms with Crippen molar-refractivity contribution in [3.05, 3.63) is 65.7 Å². The van der Waals surface area contributed by atoms with Crippen LogP contribution in [0.25, 0.3) is 10.6 Å². The molecule has 0 saturated heterocycles. The quantitative estimate of drug-likeness (QED) is 0.354. The summed E-state index contributed by atoms with van der Waals surface area (Å²) in [5.41, 5.74) is 1.71. The third-order valence-electron chi connectivity index (χ3n) is 4.70. The Kier molecular flexibility index (Phi) is 7.30. The molecule has 0 fully saturated rings. The molecule has 2 heterocycles. The molecule has 0 aliphatic heterocycles. The molecule has 8 nitrogen and oxygen atoms in total. The van der Waals surface area contributed by atoms with Crippen LogP contribution in [0.5, 0.6) is 5.75 Å². The van der Waals surface area contributed by atoms with Crippen molar-refractivity contribution >= 4 is 34.1 Å². The third kappa shape index (κ3) is 5.74. The average Bonchev–Trinajstić information content (AvgIpc) is 3.44. The predicted molar refractivity (Wildman–Crippen MR) is 126 cm³/mol. The van der Waals surface area contributed by atoms with Crippen LogP contribution in [0.15, 0.2) is 53.7 Å². The first-order valence-electron chi connectivity index (χ1n) is 10.1. The summed E-state index contributed by atoms with van der Waals surface area (Å²) in [6, 6.07) is 13.9. The lowest BCUT2D eigenvalue weighted by molar-refractivity contribution is -0.113. The molecule has 0 spiro atoms. The summed E-state index contributed by atoms with van der Waals surface area (Å²) in [6.45, 7) is 2.62. The Hall–Kier alpha value is -3.31. The highest BCUT2D eigenvalue weighted by Crippen LogP contribution is 2.28. The monoisotopic (exact) mass is 484 g/mol. The number of halogens is 1. The molecule has 0 aliphatic carbocycles. The van der Waals surface area contributed by atoms with Gasteiger partial charge in [-0.3, -0.25) is 10.1 Å². The summed E-state index contributed by atoms with van der Waals surface area (Å²) in [4.78, 5) is 12.4. The van der Waals surface area contributed by atoms with E-state index in [2.05, 4.69) is 25.7 Å². The lowest BCUT2D eigenvalue weighted by Gasteiger charge is -2.07. The molecule has 0 atom stereocenters. The summed E-state index contributed by atoms with van der Waals surface area (Å²) in [5, 5.41) is 21.2. The Morgan fingerprint density at radius 1 is 1.15 bits per heavy atom. The van der Waals surface area contributed by atoms with Gasteiger partial charge in [-0.15, -0.1) is 20.4 Å². The second kappa shape index (κ2) is 10.5. The maximum Gasteiger partial charge on any atom is 0.236 e. The Morgan fingerprint density at radius 3 is 2.70 bits per heavy atom. The van der Waals surface area contributed by atoms with Crippen molar-refractivity contribution in [3.63, 3.8) is 0 Å². The first kappa shape index (κ1) is 22.9. The van der Waals surface area contributed by atoms with Crippen LogP contribution in [0.4, 0.5) is 9.52 Å². The van der Waals surface area contributed by atoms with Gasteiger partial charge in [0.2, 0.25) is 11.0 Å². The number of ether oxygens (including phenoxy) is 1. The molecule has 4 rings (SSSR count). The molecule has 11 heteroatoms. The zero-order valence-electron chi connectivity index (χ0n) is 18.0. The summed E-state index contributed by atoms with van der Waals surface area (Å²) in [5.74, 6) is 1.13. The zero-order chi connectivity index (χ0) is 23.2. The van der Waals surface area contributed by atoms with Crippen LogP contribution in [0, 0.1) is 5.82 Å². The van der Waals surface area contributed by atoms with E-state index in [4.69, 9.17) is 4.74 Å². The molecule has 0 saturated carbocycles. The summed E-state index contributed by atoms with van der Waals surface area (Å²) < 4.78 is 20.6. The highest BCUT2D eigenvalue weighted by molar-refractivity contribution is 7.99. The highest BCUT2D eigenvalue weighted by atomic mass is 32.2. The number of hydrogen-bond donors (Lipinski definition) is 1. The number of aromatic nitrogens is 5. The topological polar surface area (TPSA) is 94.8 Å². The molecule has 1 amide bonds. The van der Waals surface area contributed by atoms with Crippen molar-refractivity contribution in [1.82, 2.24) is 25.0 Å². The zero-order valence-corrected chi connectivity index (χ0v) is 19.6. The molecule has 170 valence electrons. The largest absolute Gasteiger partial charge is 0.497 e. The number of benzene rings is 2. The number of anilines is 1. The van der Waals surface area contributed by atoms with Crippen LogP contribution in [-0.4, -0.2) is 43.7 Å². The van der Waals surface area contributed by atoms with Gasteiger partial charge in [0.1, 0.15) is 22.4 Å². The maximum absolute atomic E-state index is 13.5. The van der Waals surface area contributed by atoms with Gasteiger partial charge in [-0.2, -0.15) is 0 Å². The number of thioether (sulfide) groups is 1. The van der Waals surface area contributed by atoms with Crippen molar-refractivity contribution in [2.75, 3.05) is 18.2 Å². The fraction of sp³-hybridized carbons (Fsp3) is 0.227.